The first kappa shape index (κ1) is 27.0. The lowest BCUT2D eigenvalue weighted by molar-refractivity contribution is -0.173. The van der Waals surface area contributed by atoms with Gasteiger partial charge in [0.25, 0.3) is 0 Å². The molecule has 14 heteroatoms. The number of halogens is 6. The van der Waals surface area contributed by atoms with E-state index in [9.17, 15) is 40.7 Å². The Hall–Kier alpha value is -3.03. The molecule has 1 aromatic carbocycles. The van der Waals surface area contributed by atoms with Gasteiger partial charge in [0.1, 0.15) is 6.61 Å². The van der Waals surface area contributed by atoms with Crippen LogP contribution in [0.15, 0.2) is 30.3 Å². The van der Waals surface area contributed by atoms with Crippen LogP contribution in [0.2, 0.25) is 0 Å². The van der Waals surface area contributed by atoms with E-state index in [4.69, 9.17) is 4.74 Å². The Morgan fingerprint density at radius 2 is 1.31 bits per heavy atom. The number of ether oxygens (including phenoxy) is 1. The van der Waals surface area contributed by atoms with Crippen molar-refractivity contribution in [2.75, 3.05) is 39.3 Å². The van der Waals surface area contributed by atoms with Crippen molar-refractivity contribution in [3.63, 3.8) is 0 Å². The van der Waals surface area contributed by atoms with E-state index < -0.39 is 36.8 Å². The van der Waals surface area contributed by atoms with Crippen LogP contribution in [0.5, 0.6) is 0 Å². The lowest BCUT2D eigenvalue weighted by Crippen LogP contribution is -2.45. The van der Waals surface area contributed by atoms with Gasteiger partial charge in [-0.15, -0.1) is 0 Å². The summed E-state index contributed by atoms with van der Waals surface area (Å²) >= 11 is 0. The molecule has 3 amide bonds. The van der Waals surface area contributed by atoms with Crippen molar-refractivity contribution in [3.8, 4) is 0 Å². The zero-order chi connectivity index (χ0) is 24.2. The van der Waals surface area contributed by atoms with Crippen molar-refractivity contribution in [1.82, 2.24) is 20.9 Å². The number of benzene rings is 1. The van der Waals surface area contributed by atoms with E-state index in [-0.39, 0.29) is 39.3 Å². The Morgan fingerprint density at radius 3 is 1.88 bits per heavy atom. The molecule has 3 N–H and O–H groups in total. The number of nitrogens with zero attached hydrogens (tertiary/aromatic N) is 1. The summed E-state index contributed by atoms with van der Waals surface area (Å²) in [5.41, 5.74) is 0.671. The van der Waals surface area contributed by atoms with Crippen molar-refractivity contribution in [2.24, 2.45) is 0 Å². The number of alkyl halides is 6. The summed E-state index contributed by atoms with van der Waals surface area (Å²) in [7, 11) is 0. The van der Waals surface area contributed by atoms with Gasteiger partial charge in [-0.1, -0.05) is 30.3 Å². The van der Waals surface area contributed by atoms with Gasteiger partial charge < -0.3 is 25.6 Å². The minimum absolute atomic E-state index is 0.0372. The third-order valence-electron chi connectivity index (χ3n) is 3.79. The van der Waals surface area contributed by atoms with Crippen LogP contribution in [0, 0.1) is 0 Å². The molecule has 1 rings (SSSR count). The first-order chi connectivity index (χ1) is 14.9. The second-order valence-corrected chi connectivity index (χ2v) is 6.28. The molecule has 0 unspecified atom stereocenters. The van der Waals surface area contributed by atoms with E-state index in [1.807, 2.05) is 0 Å². The first-order valence-electron chi connectivity index (χ1n) is 9.27. The maximum atomic E-state index is 12.3. The lowest BCUT2D eigenvalue weighted by atomic mass is 10.2. The van der Waals surface area contributed by atoms with Crippen molar-refractivity contribution >= 4 is 17.9 Å². The third kappa shape index (κ3) is 10.8. The van der Waals surface area contributed by atoms with Gasteiger partial charge in [0.05, 0.1) is 0 Å². The Bertz CT molecular complexity index is 743. The van der Waals surface area contributed by atoms with E-state index in [1.165, 1.54) is 0 Å². The normalized spacial score (nSPS) is 11.6. The fourth-order valence-corrected chi connectivity index (χ4v) is 2.21. The summed E-state index contributed by atoms with van der Waals surface area (Å²) in [5, 5.41) is 5.95. The molecule has 0 aliphatic carbocycles. The quantitative estimate of drug-likeness (QED) is 0.336. The van der Waals surface area contributed by atoms with Crippen LogP contribution in [0.4, 0.5) is 31.1 Å². The molecule has 0 bridgehead atoms. The molecule has 0 atom stereocenters. The topological polar surface area (TPSA) is 99.8 Å². The first-order valence-corrected chi connectivity index (χ1v) is 9.27. The highest BCUT2D eigenvalue weighted by Crippen LogP contribution is 2.14. The number of amides is 3. The molecule has 180 valence electrons. The van der Waals surface area contributed by atoms with Gasteiger partial charge in [-0.25, -0.2) is 4.79 Å². The molecule has 0 heterocycles. The number of hydrogen-bond acceptors (Lipinski definition) is 5. The van der Waals surface area contributed by atoms with E-state index >= 15 is 0 Å². The average molecular weight is 472 g/mol. The van der Waals surface area contributed by atoms with Gasteiger partial charge in [0.15, 0.2) is 0 Å². The van der Waals surface area contributed by atoms with Crippen LogP contribution in [0.25, 0.3) is 0 Å². The van der Waals surface area contributed by atoms with Crippen LogP contribution < -0.4 is 16.0 Å². The Kier molecular flexibility index (Phi) is 10.7. The summed E-state index contributed by atoms with van der Waals surface area (Å²) in [4.78, 5) is 34.9. The predicted molar refractivity (Wildman–Crippen MR) is 99.2 cm³/mol. The lowest BCUT2D eigenvalue weighted by Gasteiger charge is -2.23. The summed E-state index contributed by atoms with van der Waals surface area (Å²) in [5.74, 6) is -4.25. The smallest absolute Gasteiger partial charge is 0.445 e. The molecule has 0 aliphatic heterocycles. The fourth-order valence-electron chi connectivity index (χ4n) is 2.21. The van der Waals surface area contributed by atoms with Gasteiger partial charge in [0, 0.05) is 39.3 Å². The predicted octanol–water partition coefficient (Wildman–Crippen LogP) is 1.57. The van der Waals surface area contributed by atoms with Gasteiger partial charge in [-0.3, -0.25) is 9.59 Å². The standard InChI is InChI=1S/C18H22F6N4O4/c19-17(20,21)14(29)26-7-6-25-8-10-28(11-9-27-15(30)18(22,23)24)16(31)32-12-13-4-2-1-3-5-13/h1-5,25H,6-12H2,(H,26,29)(H,27,30). The number of rotatable bonds is 11. The van der Waals surface area contributed by atoms with E-state index in [2.05, 4.69) is 5.32 Å². The van der Waals surface area contributed by atoms with Crippen LogP contribution in [-0.4, -0.2) is 74.4 Å². The molecule has 1 aromatic rings. The van der Waals surface area contributed by atoms with E-state index in [0.717, 1.165) is 4.90 Å². The highest BCUT2D eigenvalue weighted by molar-refractivity contribution is 5.82. The summed E-state index contributed by atoms with van der Waals surface area (Å²) in [6.45, 7) is -1.33. The zero-order valence-corrected chi connectivity index (χ0v) is 16.7. The molecule has 0 aromatic heterocycles. The van der Waals surface area contributed by atoms with Crippen LogP contribution in [0.1, 0.15) is 5.56 Å². The van der Waals surface area contributed by atoms with Crippen LogP contribution in [0.3, 0.4) is 0 Å². The van der Waals surface area contributed by atoms with Gasteiger partial charge in [0.2, 0.25) is 0 Å². The maximum Gasteiger partial charge on any atom is 0.471 e. The molecule has 0 radical (unpaired) electrons. The van der Waals surface area contributed by atoms with Crippen molar-refractivity contribution in [1.29, 1.82) is 0 Å². The largest absolute Gasteiger partial charge is 0.471 e. The monoisotopic (exact) mass is 472 g/mol. The molecular formula is C18H22F6N4O4. The van der Waals surface area contributed by atoms with Gasteiger partial charge in [-0.05, 0) is 5.56 Å². The van der Waals surface area contributed by atoms with E-state index in [0.29, 0.717) is 5.56 Å². The molecule has 0 spiro atoms. The van der Waals surface area contributed by atoms with Gasteiger partial charge >= 0.3 is 30.3 Å². The highest BCUT2D eigenvalue weighted by atomic mass is 19.4. The second kappa shape index (κ2) is 12.7. The zero-order valence-electron chi connectivity index (χ0n) is 16.7. The third-order valence-corrected chi connectivity index (χ3v) is 3.79. The number of hydrogen-bond donors (Lipinski definition) is 3. The molecular weight excluding hydrogens is 450 g/mol. The summed E-state index contributed by atoms with van der Waals surface area (Å²) in [6, 6.07) is 8.57. The highest BCUT2D eigenvalue weighted by Gasteiger charge is 2.38. The summed E-state index contributed by atoms with van der Waals surface area (Å²) in [6.07, 6.45) is -10.9. The van der Waals surface area contributed by atoms with Crippen molar-refractivity contribution in [2.45, 2.75) is 19.0 Å². The number of carbonyl (C=O) groups excluding carboxylic acids is 3. The Balaban J connectivity index is 2.48. The van der Waals surface area contributed by atoms with Crippen LogP contribution in [-0.2, 0) is 20.9 Å². The number of nitrogens with one attached hydrogen (secondary N) is 3. The minimum Gasteiger partial charge on any atom is -0.445 e. The number of carbonyl (C=O) groups is 3. The summed E-state index contributed by atoms with van der Waals surface area (Å²) < 4.78 is 78.1. The maximum absolute atomic E-state index is 12.3. The van der Waals surface area contributed by atoms with Crippen molar-refractivity contribution < 1.29 is 45.5 Å². The van der Waals surface area contributed by atoms with Crippen LogP contribution >= 0.6 is 0 Å². The molecule has 0 aliphatic rings. The molecule has 0 saturated heterocycles. The van der Waals surface area contributed by atoms with E-state index in [1.54, 1.807) is 41.0 Å². The minimum atomic E-state index is -5.07. The molecule has 0 saturated carbocycles. The Morgan fingerprint density at radius 1 is 0.781 bits per heavy atom. The molecule has 0 fully saturated rings. The van der Waals surface area contributed by atoms with Crippen molar-refractivity contribution in [3.05, 3.63) is 35.9 Å². The SMILES string of the molecule is O=C(OCc1ccccc1)N(CCNCCNC(=O)C(F)(F)F)CCNC(=O)C(F)(F)F. The fraction of sp³-hybridized carbons (Fsp3) is 0.500. The Labute approximate surface area is 179 Å². The second-order valence-electron chi connectivity index (χ2n) is 6.28. The average Bonchev–Trinajstić information content (AvgIpc) is 2.72. The molecule has 32 heavy (non-hydrogen) atoms. The van der Waals surface area contributed by atoms with Gasteiger partial charge in [-0.2, -0.15) is 26.3 Å². The molecule has 8 nitrogen and oxygen atoms in total.